The van der Waals surface area contributed by atoms with Gasteiger partial charge in [-0.2, -0.15) is 0 Å². The third-order valence-corrected chi connectivity index (χ3v) is 3.38. The molecule has 0 aliphatic carbocycles. The molecule has 21 heavy (non-hydrogen) atoms. The first-order chi connectivity index (χ1) is 10.1. The molecule has 1 atom stereocenters. The van der Waals surface area contributed by atoms with Crippen LogP contribution in [0.15, 0.2) is 12.1 Å². The zero-order valence-electron chi connectivity index (χ0n) is 14.0. The molecule has 0 bridgehead atoms. The van der Waals surface area contributed by atoms with Crippen LogP contribution >= 0.6 is 0 Å². The van der Waals surface area contributed by atoms with Crippen LogP contribution in [0.5, 0.6) is 5.75 Å². The van der Waals surface area contributed by atoms with Gasteiger partial charge in [0.15, 0.2) is 0 Å². The smallest absolute Gasteiger partial charge is 0.125 e. The van der Waals surface area contributed by atoms with Crippen molar-refractivity contribution in [1.29, 1.82) is 0 Å². The highest BCUT2D eigenvalue weighted by Crippen LogP contribution is 2.26. The van der Waals surface area contributed by atoms with Gasteiger partial charge >= 0.3 is 0 Å². The molecule has 4 heteroatoms. The SMILES string of the molecule is COCCNCc1cc(C)c(OC(C)CCOC)c(C)c1. The zero-order chi connectivity index (χ0) is 15.7. The molecule has 0 aliphatic heterocycles. The van der Waals surface area contributed by atoms with Gasteiger partial charge in [-0.1, -0.05) is 12.1 Å². The number of benzene rings is 1. The van der Waals surface area contributed by atoms with Gasteiger partial charge in [-0.05, 0) is 37.5 Å². The fourth-order valence-corrected chi connectivity index (χ4v) is 2.28. The molecule has 1 aromatic rings. The molecule has 1 rings (SSSR count). The molecule has 0 saturated heterocycles. The van der Waals surface area contributed by atoms with Crippen molar-refractivity contribution in [2.45, 2.75) is 39.8 Å². The summed E-state index contributed by atoms with van der Waals surface area (Å²) in [5, 5.41) is 3.36. The summed E-state index contributed by atoms with van der Waals surface area (Å²) in [6, 6.07) is 4.37. The molecule has 4 nitrogen and oxygen atoms in total. The summed E-state index contributed by atoms with van der Waals surface area (Å²) in [7, 11) is 3.43. The van der Waals surface area contributed by atoms with Crippen LogP contribution in [0.25, 0.3) is 0 Å². The van der Waals surface area contributed by atoms with Crippen LogP contribution < -0.4 is 10.1 Å². The van der Waals surface area contributed by atoms with Crippen molar-refractivity contribution in [3.8, 4) is 5.75 Å². The van der Waals surface area contributed by atoms with E-state index >= 15 is 0 Å². The van der Waals surface area contributed by atoms with Gasteiger partial charge < -0.3 is 19.5 Å². The topological polar surface area (TPSA) is 39.7 Å². The summed E-state index contributed by atoms with van der Waals surface area (Å²) in [5.74, 6) is 0.999. The molecule has 0 heterocycles. The lowest BCUT2D eigenvalue weighted by Gasteiger charge is -2.19. The van der Waals surface area contributed by atoms with E-state index in [1.54, 1.807) is 14.2 Å². The minimum Gasteiger partial charge on any atom is -0.490 e. The average molecular weight is 295 g/mol. The molecule has 1 aromatic carbocycles. The van der Waals surface area contributed by atoms with Gasteiger partial charge in [0.2, 0.25) is 0 Å². The van der Waals surface area contributed by atoms with Gasteiger partial charge in [0, 0.05) is 40.3 Å². The maximum absolute atomic E-state index is 6.06. The molecular formula is C17H29NO3. The first-order valence-corrected chi connectivity index (χ1v) is 7.53. The molecule has 0 aliphatic rings. The second-order valence-corrected chi connectivity index (χ2v) is 5.44. The average Bonchev–Trinajstić information content (AvgIpc) is 2.45. The number of methoxy groups -OCH3 is 2. The van der Waals surface area contributed by atoms with Crippen LogP contribution in [0.4, 0.5) is 0 Å². The van der Waals surface area contributed by atoms with E-state index in [2.05, 4.69) is 38.2 Å². The highest BCUT2D eigenvalue weighted by molar-refractivity contribution is 5.43. The Hall–Kier alpha value is -1.10. The van der Waals surface area contributed by atoms with Crippen LogP contribution in [0.1, 0.15) is 30.0 Å². The monoisotopic (exact) mass is 295 g/mol. The van der Waals surface area contributed by atoms with Crippen LogP contribution in [0.3, 0.4) is 0 Å². The Bertz CT molecular complexity index is 397. The minimum atomic E-state index is 0.160. The Labute approximate surface area is 128 Å². The van der Waals surface area contributed by atoms with E-state index in [0.717, 1.165) is 38.5 Å². The second kappa shape index (κ2) is 9.77. The first-order valence-electron chi connectivity index (χ1n) is 7.53. The predicted octanol–water partition coefficient (Wildman–Crippen LogP) is 2.84. The Morgan fingerprint density at radius 2 is 1.67 bits per heavy atom. The van der Waals surface area contributed by atoms with Gasteiger partial charge in [-0.25, -0.2) is 0 Å². The van der Waals surface area contributed by atoms with Crippen LogP contribution in [0.2, 0.25) is 0 Å². The summed E-state index contributed by atoms with van der Waals surface area (Å²) in [6.07, 6.45) is 1.06. The number of nitrogens with one attached hydrogen (secondary N) is 1. The predicted molar refractivity (Wildman–Crippen MR) is 86.1 cm³/mol. The van der Waals surface area contributed by atoms with Gasteiger partial charge in [-0.15, -0.1) is 0 Å². The lowest BCUT2D eigenvalue weighted by molar-refractivity contribution is 0.134. The standard InChI is InChI=1S/C17H29NO3/c1-13-10-16(12-18-7-9-20-5)11-14(2)17(13)21-15(3)6-8-19-4/h10-11,15,18H,6-9,12H2,1-5H3. The molecule has 0 amide bonds. The van der Waals surface area contributed by atoms with Crippen LogP contribution in [0, 0.1) is 13.8 Å². The Balaban J connectivity index is 2.62. The highest BCUT2D eigenvalue weighted by Gasteiger charge is 2.10. The molecule has 1 N–H and O–H groups in total. The maximum Gasteiger partial charge on any atom is 0.125 e. The van der Waals surface area contributed by atoms with Crippen LogP contribution in [-0.4, -0.2) is 40.1 Å². The fourth-order valence-electron chi connectivity index (χ4n) is 2.28. The van der Waals surface area contributed by atoms with Crippen molar-refractivity contribution in [3.63, 3.8) is 0 Å². The molecule has 0 fully saturated rings. The molecule has 0 saturated carbocycles. The van der Waals surface area contributed by atoms with Gasteiger partial charge in [0.25, 0.3) is 0 Å². The lowest BCUT2D eigenvalue weighted by atomic mass is 10.1. The number of rotatable bonds is 10. The van der Waals surface area contributed by atoms with E-state index in [4.69, 9.17) is 14.2 Å². The van der Waals surface area contributed by atoms with E-state index < -0.39 is 0 Å². The van der Waals surface area contributed by atoms with E-state index in [1.807, 2.05) is 0 Å². The van der Waals surface area contributed by atoms with Crippen molar-refractivity contribution < 1.29 is 14.2 Å². The number of ether oxygens (including phenoxy) is 3. The lowest BCUT2D eigenvalue weighted by Crippen LogP contribution is -2.19. The van der Waals surface area contributed by atoms with Gasteiger partial charge in [0.05, 0.1) is 12.7 Å². The zero-order valence-corrected chi connectivity index (χ0v) is 14.0. The molecule has 0 aromatic heterocycles. The van der Waals surface area contributed by atoms with E-state index in [9.17, 15) is 0 Å². The second-order valence-electron chi connectivity index (χ2n) is 5.44. The normalized spacial score (nSPS) is 12.4. The molecule has 120 valence electrons. The summed E-state index contributed by atoms with van der Waals surface area (Å²) in [5.41, 5.74) is 3.64. The number of hydrogen-bond acceptors (Lipinski definition) is 4. The fraction of sp³-hybridized carbons (Fsp3) is 0.647. The summed E-state index contributed by atoms with van der Waals surface area (Å²) in [6.45, 7) is 9.45. The number of aryl methyl sites for hydroxylation is 2. The van der Waals surface area contributed by atoms with Crippen molar-refractivity contribution in [2.24, 2.45) is 0 Å². The summed E-state index contributed by atoms with van der Waals surface area (Å²) >= 11 is 0. The van der Waals surface area contributed by atoms with Gasteiger partial charge in [0.1, 0.15) is 5.75 Å². The Morgan fingerprint density at radius 1 is 1.05 bits per heavy atom. The maximum atomic E-state index is 6.06. The summed E-state index contributed by atoms with van der Waals surface area (Å²) in [4.78, 5) is 0. The molecule has 0 spiro atoms. The Kier molecular flexibility index (Phi) is 8.35. The minimum absolute atomic E-state index is 0.160. The molecule has 0 radical (unpaired) electrons. The molecule has 1 unspecified atom stereocenters. The quantitative estimate of drug-likeness (QED) is 0.674. The van der Waals surface area contributed by atoms with Crippen molar-refractivity contribution >= 4 is 0 Å². The van der Waals surface area contributed by atoms with E-state index in [-0.39, 0.29) is 6.10 Å². The van der Waals surface area contributed by atoms with Crippen LogP contribution in [-0.2, 0) is 16.0 Å². The molecular weight excluding hydrogens is 266 g/mol. The Morgan fingerprint density at radius 3 is 2.24 bits per heavy atom. The third kappa shape index (κ3) is 6.46. The van der Waals surface area contributed by atoms with E-state index in [0.29, 0.717) is 0 Å². The van der Waals surface area contributed by atoms with Crippen molar-refractivity contribution in [3.05, 3.63) is 28.8 Å². The van der Waals surface area contributed by atoms with Crippen molar-refractivity contribution in [2.75, 3.05) is 34.0 Å². The first kappa shape index (κ1) is 18.0. The third-order valence-electron chi connectivity index (χ3n) is 3.38. The van der Waals surface area contributed by atoms with Gasteiger partial charge in [-0.3, -0.25) is 0 Å². The van der Waals surface area contributed by atoms with Crippen molar-refractivity contribution in [1.82, 2.24) is 5.32 Å². The largest absolute Gasteiger partial charge is 0.490 e. The highest BCUT2D eigenvalue weighted by atomic mass is 16.5. The summed E-state index contributed by atoms with van der Waals surface area (Å²) < 4.78 is 16.2. The van der Waals surface area contributed by atoms with E-state index in [1.165, 1.54) is 16.7 Å². The number of hydrogen-bond donors (Lipinski definition) is 1.